The van der Waals surface area contributed by atoms with E-state index in [1.807, 2.05) is 19.1 Å². The third-order valence-electron chi connectivity index (χ3n) is 2.94. The fourth-order valence-corrected chi connectivity index (χ4v) is 4.24. The van der Waals surface area contributed by atoms with E-state index in [0.29, 0.717) is 9.90 Å². The van der Waals surface area contributed by atoms with Gasteiger partial charge in [-0.25, -0.2) is 8.42 Å². The van der Waals surface area contributed by atoms with Crippen molar-refractivity contribution in [2.75, 3.05) is 4.72 Å². The molecule has 0 atom stereocenters. The van der Waals surface area contributed by atoms with E-state index in [2.05, 4.69) is 14.9 Å². The lowest BCUT2D eigenvalue weighted by Gasteiger charge is -2.06. The van der Waals surface area contributed by atoms with Gasteiger partial charge < -0.3 is 0 Å². The number of H-pyrrole nitrogens is 1. The van der Waals surface area contributed by atoms with E-state index in [4.69, 9.17) is 0 Å². The Morgan fingerprint density at radius 2 is 2.15 bits per heavy atom. The van der Waals surface area contributed by atoms with Gasteiger partial charge in [-0.1, -0.05) is 6.92 Å². The summed E-state index contributed by atoms with van der Waals surface area (Å²) in [5.41, 5.74) is 1.32. The molecule has 2 aromatic heterocycles. The number of nitrogens with one attached hydrogen (secondary N) is 2. The Labute approximate surface area is 120 Å². The quantitative estimate of drug-likeness (QED) is 0.778. The molecule has 3 rings (SSSR count). The Bertz CT molecular complexity index is 849. The van der Waals surface area contributed by atoms with Crippen molar-refractivity contribution in [3.63, 3.8) is 0 Å². The molecule has 20 heavy (non-hydrogen) atoms. The highest BCUT2D eigenvalue weighted by Crippen LogP contribution is 2.25. The number of hydrogen-bond donors (Lipinski definition) is 2. The average Bonchev–Trinajstić information content (AvgIpc) is 3.06. The van der Waals surface area contributed by atoms with Crippen molar-refractivity contribution >= 4 is 38.0 Å². The number of aromatic nitrogens is 2. The van der Waals surface area contributed by atoms with Crippen LogP contribution in [0.4, 0.5) is 5.69 Å². The number of aromatic amines is 1. The number of sulfonamides is 1. The molecule has 0 bridgehead atoms. The topological polar surface area (TPSA) is 74.8 Å². The maximum Gasteiger partial charge on any atom is 0.271 e. The third kappa shape index (κ3) is 2.41. The van der Waals surface area contributed by atoms with Crippen molar-refractivity contribution in [2.24, 2.45) is 0 Å². The van der Waals surface area contributed by atoms with Gasteiger partial charge in [0.15, 0.2) is 0 Å². The molecule has 0 radical (unpaired) electrons. The fourth-order valence-electron chi connectivity index (χ4n) is 1.90. The van der Waals surface area contributed by atoms with E-state index in [0.717, 1.165) is 22.2 Å². The first-order valence-electron chi connectivity index (χ1n) is 6.13. The number of rotatable bonds is 4. The second-order valence-electron chi connectivity index (χ2n) is 4.35. The lowest BCUT2D eigenvalue weighted by atomic mass is 10.2. The van der Waals surface area contributed by atoms with Crippen molar-refractivity contribution in [3.05, 3.63) is 41.4 Å². The molecule has 0 amide bonds. The van der Waals surface area contributed by atoms with Crippen molar-refractivity contribution in [1.29, 1.82) is 0 Å². The van der Waals surface area contributed by atoms with E-state index in [1.165, 1.54) is 11.3 Å². The van der Waals surface area contributed by atoms with Crippen LogP contribution in [0.25, 0.3) is 10.9 Å². The van der Waals surface area contributed by atoms with Gasteiger partial charge in [-0.2, -0.15) is 5.10 Å². The van der Waals surface area contributed by atoms with Crippen LogP contribution >= 0.6 is 11.3 Å². The van der Waals surface area contributed by atoms with E-state index in [-0.39, 0.29) is 0 Å². The van der Waals surface area contributed by atoms with Crippen molar-refractivity contribution in [1.82, 2.24) is 10.2 Å². The average molecular weight is 307 g/mol. The number of aryl methyl sites for hydroxylation is 1. The number of anilines is 1. The van der Waals surface area contributed by atoms with E-state index >= 15 is 0 Å². The van der Waals surface area contributed by atoms with Gasteiger partial charge in [-0.05, 0) is 36.8 Å². The van der Waals surface area contributed by atoms with Gasteiger partial charge in [-0.15, -0.1) is 11.3 Å². The van der Waals surface area contributed by atoms with E-state index < -0.39 is 10.0 Å². The Morgan fingerprint density at radius 1 is 1.30 bits per heavy atom. The molecule has 0 fully saturated rings. The minimum absolute atomic E-state index is 0.332. The molecular weight excluding hydrogens is 294 g/mol. The van der Waals surface area contributed by atoms with Crippen molar-refractivity contribution < 1.29 is 8.42 Å². The smallest absolute Gasteiger partial charge is 0.271 e. The van der Waals surface area contributed by atoms with Crippen LogP contribution in [0.2, 0.25) is 0 Å². The van der Waals surface area contributed by atoms with Crippen LogP contribution < -0.4 is 4.72 Å². The third-order valence-corrected chi connectivity index (χ3v) is 6.05. The highest BCUT2D eigenvalue weighted by molar-refractivity contribution is 7.94. The predicted molar refractivity (Wildman–Crippen MR) is 80.6 cm³/mol. The first kappa shape index (κ1) is 13.1. The number of benzene rings is 1. The first-order valence-corrected chi connectivity index (χ1v) is 8.43. The highest BCUT2D eigenvalue weighted by Gasteiger charge is 2.16. The molecule has 3 aromatic rings. The zero-order chi connectivity index (χ0) is 14.2. The normalized spacial score (nSPS) is 11.8. The summed E-state index contributed by atoms with van der Waals surface area (Å²) in [6.07, 6.45) is 2.53. The molecule has 0 aliphatic heterocycles. The van der Waals surface area contributed by atoms with Gasteiger partial charge in [0.1, 0.15) is 4.21 Å². The Hall–Kier alpha value is -1.86. The molecule has 1 aromatic carbocycles. The predicted octanol–water partition coefficient (Wildman–Crippen LogP) is 2.99. The van der Waals surface area contributed by atoms with Crippen LogP contribution in [-0.2, 0) is 16.4 Å². The van der Waals surface area contributed by atoms with E-state index in [9.17, 15) is 8.42 Å². The van der Waals surface area contributed by atoms with Crippen LogP contribution in [0, 0.1) is 0 Å². The van der Waals surface area contributed by atoms with Gasteiger partial charge in [0.05, 0.1) is 17.4 Å². The Balaban J connectivity index is 1.92. The largest absolute Gasteiger partial charge is 0.279 e. The molecule has 0 spiro atoms. The van der Waals surface area contributed by atoms with Gasteiger partial charge in [-0.3, -0.25) is 9.82 Å². The summed E-state index contributed by atoms with van der Waals surface area (Å²) in [6.45, 7) is 2.00. The van der Waals surface area contributed by atoms with Gasteiger partial charge in [0.25, 0.3) is 10.0 Å². The van der Waals surface area contributed by atoms with Crippen LogP contribution in [0.15, 0.2) is 40.7 Å². The number of nitrogens with zero attached hydrogens (tertiary/aromatic N) is 1. The minimum Gasteiger partial charge on any atom is -0.279 e. The number of fused-ring (bicyclic) bond motifs is 1. The molecule has 7 heteroatoms. The molecule has 0 aliphatic carbocycles. The first-order chi connectivity index (χ1) is 9.58. The standard InChI is InChI=1S/C13H13N3O2S2/c1-2-11-5-6-13(19-11)20(17,18)16-10-4-3-9-8-14-15-12(9)7-10/h3-8,16H,2H2,1H3,(H,14,15). The molecule has 104 valence electrons. The SMILES string of the molecule is CCc1ccc(S(=O)(=O)Nc2ccc3cn[nH]c3c2)s1. The molecule has 0 saturated heterocycles. The van der Waals surface area contributed by atoms with Crippen molar-refractivity contribution in [3.8, 4) is 0 Å². The summed E-state index contributed by atoms with van der Waals surface area (Å²) in [5.74, 6) is 0. The van der Waals surface area contributed by atoms with Gasteiger partial charge >= 0.3 is 0 Å². The number of thiophene rings is 1. The highest BCUT2D eigenvalue weighted by atomic mass is 32.2. The van der Waals surface area contributed by atoms with Crippen molar-refractivity contribution in [2.45, 2.75) is 17.6 Å². The summed E-state index contributed by atoms with van der Waals surface area (Å²) >= 11 is 1.29. The van der Waals surface area contributed by atoms with E-state index in [1.54, 1.807) is 24.4 Å². The molecule has 0 aliphatic rings. The zero-order valence-electron chi connectivity index (χ0n) is 10.8. The van der Waals surface area contributed by atoms with Gasteiger partial charge in [0.2, 0.25) is 0 Å². The maximum absolute atomic E-state index is 12.3. The van der Waals surface area contributed by atoms with Crippen LogP contribution in [-0.4, -0.2) is 18.6 Å². The zero-order valence-corrected chi connectivity index (χ0v) is 12.4. The molecule has 2 N–H and O–H groups in total. The minimum atomic E-state index is -3.52. The molecular formula is C13H13N3O2S2. The van der Waals surface area contributed by atoms with Gasteiger partial charge in [0, 0.05) is 10.3 Å². The van der Waals surface area contributed by atoms with Crippen LogP contribution in [0.1, 0.15) is 11.8 Å². The molecule has 2 heterocycles. The summed E-state index contributed by atoms with van der Waals surface area (Å²) in [5, 5.41) is 7.67. The maximum atomic E-state index is 12.3. The molecule has 0 unspecified atom stereocenters. The summed E-state index contributed by atoms with van der Waals surface area (Å²) in [4.78, 5) is 1.05. The van der Waals surface area contributed by atoms with Crippen LogP contribution in [0.5, 0.6) is 0 Å². The molecule has 0 saturated carbocycles. The summed E-state index contributed by atoms with van der Waals surface area (Å²) in [6, 6.07) is 8.76. The molecule has 5 nitrogen and oxygen atoms in total. The van der Waals surface area contributed by atoms with Crippen LogP contribution in [0.3, 0.4) is 0 Å². The second-order valence-corrected chi connectivity index (χ2v) is 7.43. The summed E-state index contributed by atoms with van der Waals surface area (Å²) < 4.78 is 27.5. The lowest BCUT2D eigenvalue weighted by molar-refractivity contribution is 0.603. The Kier molecular flexibility index (Phi) is 3.23. The Morgan fingerprint density at radius 3 is 2.90 bits per heavy atom. The fraction of sp³-hybridized carbons (Fsp3) is 0.154. The summed E-state index contributed by atoms with van der Waals surface area (Å²) in [7, 11) is -3.52. The second kappa shape index (κ2) is 4.92. The monoisotopic (exact) mass is 307 g/mol. The lowest BCUT2D eigenvalue weighted by Crippen LogP contribution is -2.11. The number of hydrogen-bond acceptors (Lipinski definition) is 4.